The van der Waals surface area contributed by atoms with Gasteiger partial charge in [-0.25, -0.2) is 8.42 Å². The SMILES string of the molecule is CCCCC(CC)C(=O)Oc1ccc(S(=O)(=O)[O-])cc1.[Na+]. The fourth-order valence-corrected chi connectivity index (χ4v) is 2.28. The van der Waals surface area contributed by atoms with Crippen molar-refractivity contribution < 1.29 is 52.1 Å². The zero-order valence-electron chi connectivity index (χ0n) is 12.7. The zero-order chi connectivity index (χ0) is 15.2. The number of rotatable bonds is 7. The minimum absolute atomic E-state index is 0. The van der Waals surface area contributed by atoms with Crippen LogP contribution in [0, 0.1) is 5.92 Å². The summed E-state index contributed by atoms with van der Waals surface area (Å²) in [5.41, 5.74) is 0. The van der Waals surface area contributed by atoms with Crippen molar-refractivity contribution >= 4 is 16.1 Å². The van der Waals surface area contributed by atoms with Crippen molar-refractivity contribution in [2.45, 2.75) is 44.4 Å². The fraction of sp³-hybridized carbons (Fsp3) is 0.500. The van der Waals surface area contributed by atoms with Crippen LogP contribution in [0.3, 0.4) is 0 Å². The van der Waals surface area contributed by atoms with E-state index >= 15 is 0 Å². The Hall–Kier alpha value is -0.400. The fourth-order valence-electron chi connectivity index (χ4n) is 1.81. The molecule has 0 aliphatic carbocycles. The molecular weight excluding hydrogens is 303 g/mol. The van der Waals surface area contributed by atoms with Crippen LogP contribution in [0.5, 0.6) is 5.75 Å². The van der Waals surface area contributed by atoms with Gasteiger partial charge in [0, 0.05) is 0 Å². The molecule has 1 aromatic rings. The van der Waals surface area contributed by atoms with Crippen molar-refractivity contribution in [3.8, 4) is 5.75 Å². The Kier molecular flexibility index (Phi) is 9.40. The molecule has 0 bridgehead atoms. The first-order valence-electron chi connectivity index (χ1n) is 6.66. The third-order valence-electron chi connectivity index (χ3n) is 3.06. The van der Waals surface area contributed by atoms with E-state index in [1.54, 1.807) is 0 Å². The van der Waals surface area contributed by atoms with Crippen LogP contribution in [0.1, 0.15) is 39.5 Å². The summed E-state index contributed by atoms with van der Waals surface area (Å²) in [6, 6.07) is 4.90. The monoisotopic (exact) mass is 322 g/mol. The zero-order valence-corrected chi connectivity index (χ0v) is 15.5. The predicted molar refractivity (Wildman–Crippen MR) is 73.3 cm³/mol. The molecule has 0 fully saturated rings. The van der Waals surface area contributed by atoms with E-state index in [-0.39, 0.29) is 52.1 Å². The molecular formula is C14H19NaO5S. The molecule has 5 nitrogen and oxygen atoms in total. The number of hydrogen-bond donors (Lipinski definition) is 0. The van der Waals surface area contributed by atoms with Gasteiger partial charge in [-0.15, -0.1) is 0 Å². The topological polar surface area (TPSA) is 83.5 Å². The molecule has 0 aromatic heterocycles. The molecule has 1 aromatic carbocycles. The smallest absolute Gasteiger partial charge is 0.744 e. The Morgan fingerprint density at radius 3 is 2.24 bits per heavy atom. The van der Waals surface area contributed by atoms with E-state index in [9.17, 15) is 17.8 Å². The maximum Gasteiger partial charge on any atom is 1.00 e. The summed E-state index contributed by atoms with van der Waals surface area (Å²) in [5.74, 6) is -0.228. The largest absolute Gasteiger partial charge is 1.00 e. The second kappa shape index (κ2) is 9.58. The average molecular weight is 322 g/mol. The van der Waals surface area contributed by atoms with Crippen LogP contribution in [0.4, 0.5) is 0 Å². The number of ether oxygens (including phenoxy) is 1. The number of esters is 1. The van der Waals surface area contributed by atoms with Crippen LogP contribution in [-0.2, 0) is 14.9 Å². The Morgan fingerprint density at radius 1 is 1.24 bits per heavy atom. The summed E-state index contributed by atoms with van der Waals surface area (Å²) in [6.07, 6.45) is 3.45. The molecule has 0 aliphatic rings. The third kappa shape index (κ3) is 6.93. The first-order valence-corrected chi connectivity index (χ1v) is 8.07. The molecule has 0 aliphatic heterocycles. The van der Waals surface area contributed by atoms with Gasteiger partial charge in [-0.1, -0.05) is 26.7 Å². The number of benzene rings is 1. The van der Waals surface area contributed by atoms with Crippen LogP contribution in [0.15, 0.2) is 29.2 Å². The van der Waals surface area contributed by atoms with Gasteiger partial charge in [-0.05, 0) is 37.1 Å². The molecule has 0 heterocycles. The second-order valence-corrected chi connectivity index (χ2v) is 5.97. The van der Waals surface area contributed by atoms with E-state index in [2.05, 4.69) is 6.92 Å². The minimum Gasteiger partial charge on any atom is -0.744 e. The molecule has 0 saturated heterocycles. The quantitative estimate of drug-likeness (QED) is 0.298. The molecule has 0 spiro atoms. The first kappa shape index (κ1) is 20.6. The van der Waals surface area contributed by atoms with E-state index in [1.165, 1.54) is 12.1 Å². The Bertz CT molecular complexity index is 539. The van der Waals surface area contributed by atoms with Crippen molar-refractivity contribution in [2.24, 2.45) is 5.92 Å². The number of unbranched alkanes of at least 4 members (excludes halogenated alkanes) is 1. The molecule has 21 heavy (non-hydrogen) atoms. The van der Waals surface area contributed by atoms with Gasteiger partial charge in [0.05, 0.1) is 10.8 Å². The number of carbonyl (C=O) groups is 1. The van der Waals surface area contributed by atoms with Crippen molar-refractivity contribution in [3.05, 3.63) is 24.3 Å². The summed E-state index contributed by atoms with van der Waals surface area (Å²) in [5, 5.41) is 0. The van der Waals surface area contributed by atoms with Crippen LogP contribution in [0.25, 0.3) is 0 Å². The molecule has 1 unspecified atom stereocenters. The van der Waals surface area contributed by atoms with Gasteiger partial charge in [0.15, 0.2) is 0 Å². The average Bonchev–Trinajstić information content (AvgIpc) is 2.39. The molecule has 0 N–H and O–H groups in total. The molecule has 0 amide bonds. The number of carbonyl (C=O) groups excluding carboxylic acids is 1. The minimum atomic E-state index is -4.47. The predicted octanol–water partition coefficient (Wildman–Crippen LogP) is -0.283. The number of hydrogen-bond acceptors (Lipinski definition) is 5. The second-order valence-electron chi connectivity index (χ2n) is 4.59. The van der Waals surface area contributed by atoms with Gasteiger partial charge in [0.25, 0.3) is 0 Å². The van der Waals surface area contributed by atoms with E-state index in [4.69, 9.17) is 4.74 Å². The summed E-state index contributed by atoms with van der Waals surface area (Å²) in [4.78, 5) is 11.6. The van der Waals surface area contributed by atoms with Gasteiger partial charge >= 0.3 is 35.5 Å². The van der Waals surface area contributed by atoms with Crippen LogP contribution >= 0.6 is 0 Å². The molecule has 112 valence electrons. The molecule has 0 saturated carbocycles. The van der Waals surface area contributed by atoms with Crippen LogP contribution < -0.4 is 34.3 Å². The maximum atomic E-state index is 11.9. The summed E-state index contributed by atoms with van der Waals surface area (Å²) < 4.78 is 37.5. The Morgan fingerprint density at radius 2 is 1.81 bits per heavy atom. The molecule has 7 heteroatoms. The van der Waals surface area contributed by atoms with Crippen molar-refractivity contribution in [1.82, 2.24) is 0 Å². The van der Waals surface area contributed by atoms with E-state index < -0.39 is 10.1 Å². The summed E-state index contributed by atoms with van der Waals surface area (Å²) in [7, 11) is -4.47. The van der Waals surface area contributed by atoms with Crippen molar-refractivity contribution in [2.75, 3.05) is 0 Å². The maximum absolute atomic E-state index is 11.9. The molecule has 1 rings (SSSR count). The standard InChI is InChI=1S/C14H20O5S.Na/c1-3-5-6-11(4-2)14(15)19-12-7-9-13(10-8-12)20(16,17)18;/h7-11H,3-6H2,1-2H3,(H,16,17,18);/q;+1/p-1. The normalized spacial score (nSPS) is 12.3. The van der Waals surface area contributed by atoms with E-state index in [1.807, 2.05) is 6.92 Å². The summed E-state index contributed by atoms with van der Waals surface area (Å²) >= 11 is 0. The van der Waals surface area contributed by atoms with Gasteiger partial charge in [0.2, 0.25) is 0 Å². The van der Waals surface area contributed by atoms with Gasteiger partial charge in [-0.2, -0.15) is 0 Å². The van der Waals surface area contributed by atoms with Crippen LogP contribution in [-0.4, -0.2) is 18.9 Å². The third-order valence-corrected chi connectivity index (χ3v) is 3.91. The molecule has 0 radical (unpaired) electrons. The van der Waals surface area contributed by atoms with Crippen molar-refractivity contribution in [3.63, 3.8) is 0 Å². The molecule has 1 atom stereocenters. The van der Waals surface area contributed by atoms with Gasteiger partial charge in [-0.3, -0.25) is 4.79 Å². The van der Waals surface area contributed by atoms with Gasteiger partial charge in [0.1, 0.15) is 15.9 Å². The Labute approximate surface area is 148 Å². The Balaban J connectivity index is 0.00000400. The van der Waals surface area contributed by atoms with Crippen LogP contribution in [0.2, 0.25) is 0 Å². The van der Waals surface area contributed by atoms with Gasteiger partial charge < -0.3 is 9.29 Å². The van der Waals surface area contributed by atoms with Crippen molar-refractivity contribution in [1.29, 1.82) is 0 Å². The van der Waals surface area contributed by atoms with E-state index in [0.29, 0.717) is 6.42 Å². The van der Waals surface area contributed by atoms with E-state index in [0.717, 1.165) is 31.4 Å². The first-order chi connectivity index (χ1) is 9.38. The summed E-state index contributed by atoms with van der Waals surface area (Å²) in [6.45, 7) is 3.98.